The molecule has 0 aromatic carbocycles. The number of sulfonamides is 1. The van der Waals surface area contributed by atoms with E-state index in [2.05, 4.69) is 0 Å². The zero-order valence-electron chi connectivity index (χ0n) is 11.7. The van der Waals surface area contributed by atoms with Crippen molar-refractivity contribution in [3.8, 4) is 0 Å². The van der Waals surface area contributed by atoms with Crippen molar-refractivity contribution in [2.75, 3.05) is 6.54 Å². The van der Waals surface area contributed by atoms with Crippen molar-refractivity contribution in [1.29, 1.82) is 0 Å². The van der Waals surface area contributed by atoms with Gasteiger partial charge in [0, 0.05) is 17.5 Å². The van der Waals surface area contributed by atoms with E-state index in [4.69, 9.17) is 5.73 Å². The van der Waals surface area contributed by atoms with Crippen molar-refractivity contribution >= 4 is 27.3 Å². The lowest BCUT2D eigenvalue weighted by atomic mass is 9.95. The molecule has 2 atom stereocenters. The largest absolute Gasteiger partial charge is 0.369 e. The SMILES string of the molecule is CCc1ccc(S(=O)(=O)N2CC(C(N)=O)CCC2C)s1. The van der Waals surface area contributed by atoms with Gasteiger partial charge in [0.2, 0.25) is 5.91 Å². The third kappa shape index (κ3) is 2.89. The number of primary amides is 1. The van der Waals surface area contributed by atoms with Gasteiger partial charge in [-0.05, 0) is 38.3 Å². The molecular weight excluding hydrogens is 296 g/mol. The van der Waals surface area contributed by atoms with Gasteiger partial charge in [0.05, 0.1) is 5.92 Å². The Morgan fingerprint density at radius 3 is 2.70 bits per heavy atom. The molecule has 1 aliphatic rings. The molecule has 1 fully saturated rings. The number of nitrogens with zero attached hydrogens (tertiary/aromatic N) is 1. The van der Waals surface area contributed by atoms with E-state index in [0.717, 1.165) is 11.3 Å². The van der Waals surface area contributed by atoms with E-state index < -0.39 is 15.9 Å². The molecule has 2 unspecified atom stereocenters. The predicted octanol–water partition coefficient (Wildman–Crippen LogP) is 1.58. The van der Waals surface area contributed by atoms with E-state index in [1.54, 1.807) is 6.07 Å². The second kappa shape index (κ2) is 5.83. The summed E-state index contributed by atoms with van der Waals surface area (Å²) in [5.41, 5.74) is 5.32. The minimum Gasteiger partial charge on any atom is -0.369 e. The van der Waals surface area contributed by atoms with Crippen LogP contribution < -0.4 is 5.73 Å². The number of aryl methyl sites for hydroxylation is 1. The fraction of sp³-hybridized carbons (Fsp3) is 0.615. The van der Waals surface area contributed by atoms with Gasteiger partial charge in [-0.15, -0.1) is 11.3 Å². The van der Waals surface area contributed by atoms with Crippen LogP contribution in [0.15, 0.2) is 16.3 Å². The standard InChI is InChI=1S/C13H20N2O3S2/c1-3-11-6-7-12(19-11)20(17,18)15-8-10(13(14)16)5-4-9(15)2/h6-7,9-10H,3-5,8H2,1-2H3,(H2,14,16). The highest BCUT2D eigenvalue weighted by molar-refractivity contribution is 7.91. The van der Waals surface area contributed by atoms with E-state index in [1.165, 1.54) is 15.6 Å². The van der Waals surface area contributed by atoms with Crippen LogP contribution in [0.1, 0.15) is 31.6 Å². The summed E-state index contributed by atoms with van der Waals surface area (Å²) in [6, 6.07) is 3.40. The number of piperidine rings is 1. The number of rotatable bonds is 4. The van der Waals surface area contributed by atoms with Crippen LogP contribution in [0, 0.1) is 5.92 Å². The lowest BCUT2D eigenvalue weighted by Crippen LogP contribution is -2.48. The summed E-state index contributed by atoms with van der Waals surface area (Å²) in [6.45, 7) is 4.07. The molecule has 0 bridgehead atoms. The Labute approximate surface area is 123 Å². The van der Waals surface area contributed by atoms with E-state index in [-0.39, 0.29) is 18.5 Å². The van der Waals surface area contributed by atoms with Crippen molar-refractivity contribution < 1.29 is 13.2 Å². The average Bonchev–Trinajstić information content (AvgIpc) is 2.88. The fourth-order valence-corrected chi connectivity index (χ4v) is 5.58. The first kappa shape index (κ1) is 15.5. The number of nitrogens with two attached hydrogens (primary N) is 1. The first-order valence-corrected chi connectivity index (χ1v) is 9.01. The molecule has 7 heteroatoms. The zero-order chi connectivity index (χ0) is 14.9. The highest BCUT2D eigenvalue weighted by Gasteiger charge is 2.37. The van der Waals surface area contributed by atoms with Gasteiger partial charge in [0.25, 0.3) is 10.0 Å². The Balaban J connectivity index is 2.29. The van der Waals surface area contributed by atoms with Crippen molar-refractivity contribution in [2.45, 2.75) is 43.4 Å². The number of hydrogen-bond acceptors (Lipinski definition) is 4. The summed E-state index contributed by atoms with van der Waals surface area (Å²) in [5.74, 6) is -0.802. The Hall–Kier alpha value is -0.920. The molecule has 2 rings (SSSR count). The summed E-state index contributed by atoms with van der Waals surface area (Å²) in [7, 11) is -3.52. The van der Waals surface area contributed by atoms with Gasteiger partial charge in [-0.1, -0.05) is 6.92 Å². The Kier molecular flexibility index (Phi) is 4.51. The zero-order valence-corrected chi connectivity index (χ0v) is 13.3. The number of carbonyl (C=O) groups is 1. The molecule has 0 radical (unpaired) electrons. The Morgan fingerprint density at radius 2 is 2.15 bits per heavy atom. The predicted molar refractivity (Wildman–Crippen MR) is 79.0 cm³/mol. The molecule has 5 nitrogen and oxygen atoms in total. The maximum Gasteiger partial charge on any atom is 0.252 e. The second-order valence-electron chi connectivity index (χ2n) is 5.17. The van der Waals surface area contributed by atoms with Gasteiger partial charge < -0.3 is 5.73 Å². The molecule has 0 spiro atoms. The third-order valence-corrected chi connectivity index (χ3v) is 7.45. The Bertz CT molecular complexity index is 595. The van der Waals surface area contributed by atoms with Crippen molar-refractivity contribution in [2.24, 2.45) is 11.7 Å². The average molecular weight is 316 g/mol. The molecule has 1 aromatic heterocycles. The summed E-state index contributed by atoms with van der Waals surface area (Å²) in [6.07, 6.45) is 2.14. The molecule has 112 valence electrons. The lowest BCUT2D eigenvalue weighted by molar-refractivity contribution is -0.123. The Morgan fingerprint density at radius 1 is 1.45 bits per heavy atom. The van der Waals surface area contributed by atoms with Crippen LogP contribution in [0.25, 0.3) is 0 Å². The summed E-state index contributed by atoms with van der Waals surface area (Å²) in [4.78, 5) is 12.4. The van der Waals surface area contributed by atoms with Crippen LogP contribution in [-0.2, 0) is 21.2 Å². The first-order valence-electron chi connectivity index (χ1n) is 6.76. The van der Waals surface area contributed by atoms with Gasteiger partial charge in [-0.25, -0.2) is 8.42 Å². The number of carbonyl (C=O) groups excluding carboxylic acids is 1. The van der Waals surface area contributed by atoms with Crippen LogP contribution in [-0.4, -0.2) is 31.2 Å². The monoisotopic (exact) mass is 316 g/mol. The quantitative estimate of drug-likeness (QED) is 0.916. The highest BCUT2D eigenvalue weighted by atomic mass is 32.2. The van der Waals surface area contributed by atoms with Crippen molar-refractivity contribution in [3.63, 3.8) is 0 Å². The van der Waals surface area contributed by atoms with E-state index in [1.807, 2.05) is 19.9 Å². The van der Waals surface area contributed by atoms with Gasteiger partial charge in [-0.3, -0.25) is 4.79 Å². The van der Waals surface area contributed by atoms with Crippen molar-refractivity contribution in [1.82, 2.24) is 4.31 Å². The normalized spacial score (nSPS) is 24.7. The van der Waals surface area contributed by atoms with E-state index in [9.17, 15) is 13.2 Å². The van der Waals surface area contributed by atoms with Crippen LogP contribution in [0.2, 0.25) is 0 Å². The summed E-state index contributed by atoms with van der Waals surface area (Å²) in [5, 5.41) is 0. The van der Waals surface area contributed by atoms with Gasteiger partial charge >= 0.3 is 0 Å². The van der Waals surface area contributed by atoms with Gasteiger partial charge in [0.15, 0.2) is 0 Å². The molecule has 1 saturated heterocycles. The third-order valence-electron chi connectivity index (χ3n) is 3.78. The van der Waals surface area contributed by atoms with E-state index in [0.29, 0.717) is 17.1 Å². The summed E-state index contributed by atoms with van der Waals surface area (Å²) < 4.78 is 27.1. The van der Waals surface area contributed by atoms with Crippen LogP contribution in [0.4, 0.5) is 0 Å². The molecular formula is C13H20N2O3S2. The molecule has 0 aliphatic carbocycles. The minimum atomic E-state index is -3.52. The molecule has 2 N–H and O–H groups in total. The van der Waals surface area contributed by atoms with Gasteiger partial charge in [0.1, 0.15) is 4.21 Å². The molecule has 2 heterocycles. The molecule has 1 aliphatic heterocycles. The maximum atomic E-state index is 12.7. The molecule has 1 aromatic rings. The topological polar surface area (TPSA) is 80.5 Å². The lowest BCUT2D eigenvalue weighted by Gasteiger charge is -2.35. The maximum absolute atomic E-state index is 12.7. The fourth-order valence-electron chi connectivity index (χ4n) is 2.44. The molecule has 1 amide bonds. The molecule has 20 heavy (non-hydrogen) atoms. The number of thiophene rings is 1. The smallest absolute Gasteiger partial charge is 0.252 e. The van der Waals surface area contributed by atoms with Crippen LogP contribution in [0.3, 0.4) is 0 Å². The van der Waals surface area contributed by atoms with Crippen LogP contribution >= 0.6 is 11.3 Å². The second-order valence-corrected chi connectivity index (χ2v) is 8.46. The minimum absolute atomic E-state index is 0.0947. The van der Waals surface area contributed by atoms with E-state index >= 15 is 0 Å². The van der Waals surface area contributed by atoms with Crippen LogP contribution in [0.5, 0.6) is 0 Å². The number of amides is 1. The highest BCUT2D eigenvalue weighted by Crippen LogP contribution is 2.31. The first-order chi connectivity index (χ1) is 9.36. The van der Waals surface area contributed by atoms with Gasteiger partial charge in [-0.2, -0.15) is 4.31 Å². The number of hydrogen-bond donors (Lipinski definition) is 1. The van der Waals surface area contributed by atoms with Crippen molar-refractivity contribution in [3.05, 3.63) is 17.0 Å². The molecule has 0 saturated carbocycles. The summed E-state index contributed by atoms with van der Waals surface area (Å²) >= 11 is 1.30.